The van der Waals surface area contributed by atoms with Gasteiger partial charge in [-0.1, -0.05) is 165 Å². The number of aryl methyl sites for hydroxylation is 2. The van der Waals surface area contributed by atoms with Crippen molar-refractivity contribution in [1.82, 2.24) is 0 Å². The summed E-state index contributed by atoms with van der Waals surface area (Å²) in [7, 11) is 0. The van der Waals surface area contributed by atoms with Crippen molar-refractivity contribution in [2.24, 2.45) is 0 Å². The molecule has 2 aromatic heterocycles. The SMILES string of the molecule is CCCCCCCCCCCCCC[n+]1csc(CCOC(=O)c2ccc(C(=O)OCCc3sc[n+](CCCCCCCCCCCCCC)c3C)cc2)c1C.[Br-].[Br-]. The van der Waals surface area contributed by atoms with Crippen LogP contribution in [0.2, 0.25) is 0 Å². The Balaban J connectivity index is 0.00000841. The third-order valence-corrected chi connectivity index (χ3v) is 13.6. The van der Waals surface area contributed by atoms with Gasteiger partial charge in [0.15, 0.2) is 11.4 Å². The lowest BCUT2D eigenvalue weighted by Gasteiger charge is -2.06. The fourth-order valence-corrected chi connectivity index (χ4v) is 9.47. The molecular weight excluding hydrogens is 892 g/mol. The van der Waals surface area contributed by atoms with Gasteiger partial charge in [0.25, 0.3) is 0 Å². The molecule has 0 saturated carbocycles. The van der Waals surface area contributed by atoms with E-state index in [2.05, 4.69) is 47.9 Å². The number of rotatable bonds is 34. The first-order chi connectivity index (χ1) is 27.4. The fraction of sp³-hybridized carbons (Fsp3) is 0.708. The number of carbonyl (C=O) groups is 2. The van der Waals surface area contributed by atoms with Gasteiger partial charge in [-0.3, -0.25) is 0 Å². The normalized spacial score (nSPS) is 11.0. The molecule has 6 nitrogen and oxygen atoms in total. The van der Waals surface area contributed by atoms with Crippen LogP contribution in [0.1, 0.15) is 210 Å². The van der Waals surface area contributed by atoms with E-state index in [1.165, 1.54) is 175 Å². The molecule has 0 N–H and O–H groups in total. The van der Waals surface area contributed by atoms with E-state index < -0.39 is 0 Å². The van der Waals surface area contributed by atoms with Crippen LogP contribution in [0.15, 0.2) is 35.3 Å². The summed E-state index contributed by atoms with van der Waals surface area (Å²) in [4.78, 5) is 28.0. The third-order valence-electron chi connectivity index (χ3n) is 11.3. The lowest BCUT2D eigenvalue weighted by atomic mass is 10.1. The number of esters is 2. The van der Waals surface area contributed by atoms with Crippen molar-refractivity contribution < 1.29 is 62.2 Å². The quantitative estimate of drug-likeness (QED) is 0.0361. The molecule has 0 atom stereocenters. The van der Waals surface area contributed by atoms with Crippen molar-refractivity contribution in [3.05, 3.63) is 67.6 Å². The van der Waals surface area contributed by atoms with Crippen LogP contribution in [0.25, 0.3) is 0 Å². The molecule has 10 heteroatoms. The number of halogens is 2. The Labute approximate surface area is 382 Å². The summed E-state index contributed by atoms with van der Waals surface area (Å²) < 4.78 is 15.9. The average Bonchev–Trinajstić information content (AvgIpc) is 3.74. The predicted octanol–water partition coefficient (Wildman–Crippen LogP) is 7.21. The van der Waals surface area contributed by atoms with Crippen LogP contribution < -0.4 is 43.1 Å². The number of thiazole rings is 2. The first-order valence-corrected chi connectivity index (χ1v) is 24.6. The molecule has 0 aliphatic heterocycles. The van der Waals surface area contributed by atoms with Crippen LogP contribution in [0.3, 0.4) is 0 Å². The molecule has 0 aliphatic carbocycles. The zero-order chi connectivity index (χ0) is 40.1. The van der Waals surface area contributed by atoms with Crippen LogP contribution in [0.5, 0.6) is 0 Å². The summed E-state index contributed by atoms with van der Waals surface area (Å²) >= 11 is 3.50. The Morgan fingerprint density at radius 2 is 0.741 bits per heavy atom. The number of hydrogen-bond donors (Lipinski definition) is 0. The summed E-state index contributed by atoms with van der Waals surface area (Å²) in [6.45, 7) is 11.7. The minimum atomic E-state index is -0.367. The molecule has 58 heavy (non-hydrogen) atoms. The second-order valence-electron chi connectivity index (χ2n) is 16.0. The highest BCUT2D eigenvalue weighted by Gasteiger charge is 2.18. The van der Waals surface area contributed by atoms with Gasteiger partial charge in [-0.15, -0.1) is 0 Å². The highest BCUT2D eigenvalue weighted by atomic mass is 79.9. The number of ether oxygens (including phenoxy) is 2. The molecule has 0 saturated heterocycles. The first-order valence-electron chi connectivity index (χ1n) is 22.8. The molecule has 0 bridgehead atoms. The van der Waals surface area contributed by atoms with Crippen molar-refractivity contribution >= 4 is 34.6 Å². The van der Waals surface area contributed by atoms with E-state index in [1.807, 2.05) is 0 Å². The van der Waals surface area contributed by atoms with Gasteiger partial charge in [-0.2, -0.15) is 9.13 Å². The lowest BCUT2D eigenvalue weighted by molar-refractivity contribution is -0.698. The smallest absolute Gasteiger partial charge is 0.338 e. The van der Waals surface area contributed by atoms with Crippen LogP contribution in [-0.4, -0.2) is 25.2 Å². The first kappa shape index (κ1) is 54.4. The number of carbonyl (C=O) groups excluding carboxylic acids is 2. The van der Waals surface area contributed by atoms with Crippen molar-refractivity contribution in [2.45, 2.75) is 208 Å². The number of benzene rings is 1. The summed E-state index contributed by atoms with van der Waals surface area (Å²) in [5.74, 6) is -0.734. The maximum absolute atomic E-state index is 12.7. The molecule has 0 radical (unpaired) electrons. The molecule has 3 aromatic rings. The second-order valence-corrected chi connectivity index (χ2v) is 17.9. The van der Waals surface area contributed by atoms with E-state index >= 15 is 0 Å². The van der Waals surface area contributed by atoms with Crippen LogP contribution in [0.4, 0.5) is 0 Å². The topological polar surface area (TPSA) is 60.4 Å². The van der Waals surface area contributed by atoms with E-state index in [0.29, 0.717) is 37.2 Å². The van der Waals surface area contributed by atoms with Crippen LogP contribution in [-0.2, 0) is 35.4 Å². The molecule has 0 amide bonds. The predicted molar refractivity (Wildman–Crippen MR) is 235 cm³/mol. The zero-order valence-electron chi connectivity index (χ0n) is 36.8. The van der Waals surface area contributed by atoms with Gasteiger partial charge in [-0.05, 0) is 37.1 Å². The Bertz CT molecular complexity index is 1370. The van der Waals surface area contributed by atoms with E-state index in [0.717, 1.165) is 13.1 Å². The second kappa shape index (κ2) is 35.0. The van der Waals surface area contributed by atoms with Crippen LogP contribution in [0, 0.1) is 13.8 Å². The van der Waals surface area contributed by atoms with Crippen molar-refractivity contribution in [2.75, 3.05) is 13.2 Å². The highest BCUT2D eigenvalue weighted by Crippen LogP contribution is 2.17. The molecule has 1 aromatic carbocycles. The minimum Gasteiger partial charge on any atom is -1.00 e. The van der Waals surface area contributed by atoms with Gasteiger partial charge < -0.3 is 43.4 Å². The number of hydrogen-bond acceptors (Lipinski definition) is 6. The van der Waals surface area contributed by atoms with E-state index in [-0.39, 0.29) is 45.9 Å². The molecule has 0 unspecified atom stereocenters. The summed E-state index contributed by atoms with van der Waals surface area (Å²) in [5, 5.41) is 0. The zero-order valence-corrected chi connectivity index (χ0v) is 41.6. The number of nitrogens with zero attached hydrogens (tertiary/aromatic N) is 2. The molecule has 0 spiro atoms. The Morgan fingerprint density at radius 1 is 0.466 bits per heavy atom. The van der Waals surface area contributed by atoms with Gasteiger partial charge in [0.2, 0.25) is 11.0 Å². The standard InChI is InChI=1S/C48H78N2O4S2.2BrH/c1-5-7-9-11-13-15-17-19-21-23-25-27-35-49-39-55-45(41(49)3)33-37-53-47(51)43-29-31-44(32-30-43)48(52)54-38-34-46-42(4)50(40-56-46)36-28-26-24-22-20-18-16-14-12-10-8-6-2;;/h29-32,39-40H,5-28,33-38H2,1-4H3;2*1H/q+2;;/p-2. The average molecular weight is 971 g/mol. The Hall–Kier alpha value is -1.62. The number of unbranched alkanes of at least 4 members (excludes halogenated alkanes) is 22. The van der Waals surface area contributed by atoms with Crippen LogP contribution >= 0.6 is 22.7 Å². The van der Waals surface area contributed by atoms with Gasteiger partial charge in [0.05, 0.1) is 34.1 Å². The molecule has 2 heterocycles. The molecule has 3 rings (SSSR count). The summed E-state index contributed by atoms with van der Waals surface area (Å²) in [5.41, 5.74) is 7.86. The maximum Gasteiger partial charge on any atom is 0.338 e. The lowest BCUT2D eigenvalue weighted by Crippen LogP contribution is -3.00. The van der Waals surface area contributed by atoms with Crippen molar-refractivity contribution in [3.63, 3.8) is 0 Å². The van der Waals surface area contributed by atoms with Gasteiger partial charge in [0.1, 0.15) is 13.1 Å². The fourth-order valence-electron chi connectivity index (χ4n) is 7.45. The largest absolute Gasteiger partial charge is 1.00 e. The molecule has 0 aliphatic rings. The Morgan fingerprint density at radius 3 is 1.03 bits per heavy atom. The van der Waals surface area contributed by atoms with Crippen molar-refractivity contribution in [1.29, 1.82) is 0 Å². The Kier molecular flexibility index (Phi) is 32.8. The van der Waals surface area contributed by atoms with E-state index in [1.54, 1.807) is 46.9 Å². The van der Waals surface area contributed by atoms with Crippen molar-refractivity contribution in [3.8, 4) is 0 Å². The third kappa shape index (κ3) is 22.8. The highest BCUT2D eigenvalue weighted by molar-refractivity contribution is 7.09. The van der Waals surface area contributed by atoms with E-state index in [9.17, 15) is 9.59 Å². The monoisotopic (exact) mass is 968 g/mol. The van der Waals surface area contributed by atoms with Gasteiger partial charge in [0, 0.05) is 39.5 Å². The molecule has 0 fully saturated rings. The number of aromatic nitrogens is 2. The van der Waals surface area contributed by atoms with Gasteiger partial charge >= 0.3 is 11.9 Å². The summed E-state index contributed by atoms with van der Waals surface area (Å²) in [6, 6.07) is 6.61. The minimum absolute atomic E-state index is 0. The van der Waals surface area contributed by atoms with Gasteiger partial charge in [-0.25, -0.2) is 9.59 Å². The van der Waals surface area contributed by atoms with E-state index in [4.69, 9.17) is 9.47 Å². The summed E-state index contributed by atoms with van der Waals surface area (Å²) in [6.07, 6.45) is 34.1. The maximum atomic E-state index is 12.7. The molecular formula is C48H78Br2N2O4S2. The molecule has 330 valence electrons.